The average Bonchev–Trinajstić information content (AvgIpc) is 2.11. The first-order valence-electron chi connectivity index (χ1n) is 4.02. The third kappa shape index (κ3) is 2.78. The van der Waals surface area contributed by atoms with Crippen molar-refractivity contribution in [1.29, 1.82) is 0 Å². The van der Waals surface area contributed by atoms with Gasteiger partial charge in [0, 0.05) is 5.69 Å². The molecule has 0 unspecified atom stereocenters. The summed E-state index contributed by atoms with van der Waals surface area (Å²) in [5, 5.41) is 2.48. The van der Waals surface area contributed by atoms with Gasteiger partial charge in [-0.1, -0.05) is 0 Å². The van der Waals surface area contributed by atoms with Gasteiger partial charge in [0.2, 0.25) is 5.91 Å². The third-order valence-corrected chi connectivity index (χ3v) is 2.24. The molecule has 3 nitrogen and oxygen atoms in total. The fourth-order valence-electron chi connectivity index (χ4n) is 0.830. The summed E-state index contributed by atoms with van der Waals surface area (Å²) in [6.07, 6.45) is 0. The lowest BCUT2D eigenvalue weighted by atomic mass is 10.3. The minimum Gasteiger partial charge on any atom is -0.325 e. The monoisotopic (exact) mass is 260 g/mol. The molecule has 0 saturated carbocycles. The van der Waals surface area contributed by atoms with E-state index >= 15 is 0 Å². The molecular weight excluding hydrogens is 251 g/mol. The van der Waals surface area contributed by atoms with E-state index in [1.54, 1.807) is 13.0 Å². The molecular formula is C9H10BrFN2O. The van der Waals surface area contributed by atoms with Gasteiger partial charge >= 0.3 is 0 Å². The summed E-state index contributed by atoms with van der Waals surface area (Å²) in [5.41, 5.74) is 5.73. The van der Waals surface area contributed by atoms with Gasteiger partial charge in [0.1, 0.15) is 5.82 Å². The standard InChI is InChI=1S/C9H10BrFN2O/c1-5(12)9(14)13-6-2-3-7(10)8(11)4-6/h2-5H,12H2,1H3,(H,13,14)/t5-/m1/s1. The van der Waals surface area contributed by atoms with Crippen molar-refractivity contribution in [2.24, 2.45) is 5.73 Å². The van der Waals surface area contributed by atoms with Crippen molar-refractivity contribution in [3.8, 4) is 0 Å². The van der Waals surface area contributed by atoms with Gasteiger partial charge in [0.05, 0.1) is 10.5 Å². The summed E-state index contributed by atoms with van der Waals surface area (Å²) >= 11 is 3.01. The van der Waals surface area contributed by atoms with Gasteiger partial charge < -0.3 is 11.1 Å². The predicted octanol–water partition coefficient (Wildman–Crippen LogP) is 1.87. The molecule has 3 N–H and O–H groups in total. The quantitative estimate of drug-likeness (QED) is 0.853. The lowest BCUT2D eigenvalue weighted by Gasteiger charge is -2.07. The Morgan fingerprint density at radius 3 is 2.79 bits per heavy atom. The summed E-state index contributed by atoms with van der Waals surface area (Å²) in [4.78, 5) is 11.1. The number of halogens is 2. The van der Waals surface area contributed by atoms with Crippen molar-refractivity contribution in [2.45, 2.75) is 13.0 Å². The van der Waals surface area contributed by atoms with Crippen LogP contribution in [0.3, 0.4) is 0 Å². The van der Waals surface area contributed by atoms with Crippen molar-refractivity contribution in [2.75, 3.05) is 5.32 Å². The van der Waals surface area contributed by atoms with E-state index in [2.05, 4.69) is 21.2 Å². The maximum Gasteiger partial charge on any atom is 0.241 e. The topological polar surface area (TPSA) is 55.1 Å². The van der Waals surface area contributed by atoms with Crippen LogP contribution in [0.1, 0.15) is 6.92 Å². The molecule has 0 bridgehead atoms. The van der Waals surface area contributed by atoms with Crippen LogP contribution in [0, 0.1) is 5.82 Å². The Morgan fingerprint density at radius 1 is 1.64 bits per heavy atom. The molecule has 1 aromatic carbocycles. The highest BCUT2D eigenvalue weighted by Crippen LogP contribution is 2.19. The number of benzene rings is 1. The number of nitrogens with one attached hydrogen (secondary N) is 1. The number of carbonyl (C=O) groups excluding carboxylic acids is 1. The van der Waals surface area contributed by atoms with E-state index < -0.39 is 11.9 Å². The Hall–Kier alpha value is -0.940. The first kappa shape index (κ1) is 11.1. The number of hydrogen-bond donors (Lipinski definition) is 2. The number of carbonyl (C=O) groups is 1. The molecule has 0 aliphatic rings. The van der Waals surface area contributed by atoms with Crippen LogP contribution in [0.4, 0.5) is 10.1 Å². The minimum atomic E-state index is -0.610. The fourth-order valence-corrected chi connectivity index (χ4v) is 1.08. The summed E-state index contributed by atoms with van der Waals surface area (Å²) in [7, 11) is 0. The second-order valence-electron chi connectivity index (χ2n) is 2.91. The van der Waals surface area contributed by atoms with Gasteiger partial charge in [-0.15, -0.1) is 0 Å². The number of amides is 1. The van der Waals surface area contributed by atoms with Crippen LogP contribution < -0.4 is 11.1 Å². The molecule has 0 aliphatic carbocycles. The summed E-state index contributed by atoms with van der Waals surface area (Å²) in [6.45, 7) is 1.56. The molecule has 0 aromatic heterocycles. The molecule has 0 heterocycles. The van der Waals surface area contributed by atoms with Gasteiger partial charge in [0.25, 0.3) is 0 Å². The van der Waals surface area contributed by atoms with E-state index in [1.165, 1.54) is 12.1 Å². The molecule has 5 heteroatoms. The minimum absolute atomic E-state index is 0.341. The first-order valence-corrected chi connectivity index (χ1v) is 4.81. The molecule has 1 rings (SSSR count). The number of nitrogens with two attached hydrogens (primary N) is 1. The molecule has 0 saturated heterocycles. The Bertz CT molecular complexity index is 355. The number of hydrogen-bond acceptors (Lipinski definition) is 2. The second kappa shape index (κ2) is 4.52. The highest BCUT2D eigenvalue weighted by molar-refractivity contribution is 9.10. The van der Waals surface area contributed by atoms with Crippen molar-refractivity contribution >= 4 is 27.5 Å². The smallest absolute Gasteiger partial charge is 0.241 e. The SMILES string of the molecule is C[C@@H](N)C(=O)Nc1ccc(Br)c(F)c1. The van der Waals surface area contributed by atoms with Gasteiger partial charge in [-0.05, 0) is 41.1 Å². The molecule has 1 atom stereocenters. The first-order chi connectivity index (χ1) is 6.50. The Balaban J connectivity index is 2.78. The predicted molar refractivity (Wildman–Crippen MR) is 56.4 cm³/mol. The highest BCUT2D eigenvalue weighted by Gasteiger charge is 2.08. The van der Waals surface area contributed by atoms with E-state index in [4.69, 9.17) is 5.73 Å². The average molecular weight is 261 g/mol. The van der Waals surface area contributed by atoms with Crippen LogP contribution in [0.2, 0.25) is 0 Å². The molecule has 1 amide bonds. The van der Waals surface area contributed by atoms with Gasteiger partial charge in [-0.2, -0.15) is 0 Å². The lowest BCUT2D eigenvalue weighted by molar-refractivity contribution is -0.117. The van der Waals surface area contributed by atoms with Crippen LogP contribution in [-0.4, -0.2) is 11.9 Å². The van der Waals surface area contributed by atoms with E-state index in [0.717, 1.165) is 0 Å². The van der Waals surface area contributed by atoms with Crippen LogP contribution in [0.25, 0.3) is 0 Å². The Morgan fingerprint density at radius 2 is 2.29 bits per heavy atom. The molecule has 0 fully saturated rings. The zero-order valence-electron chi connectivity index (χ0n) is 7.55. The van der Waals surface area contributed by atoms with Crippen molar-refractivity contribution in [3.05, 3.63) is 28.5 Å². The van der Waals surface area contributed by atoms with E-state index in [9.17, 15) is 9.18 Å². The molecule has 1 aromatic rings. The van der Waals surface area contributed by atoms with E-state index in [1.807, 2.05) is 0 Å². The largest absolute Gasteiger partial charge is 0.325 e. The van der Waals surface area contributed by atoms with Crippen molar-refractivity contribution in [1.82, 2.24) is 0 Å². The Labute approximate surface area is 89.6 Å². The zero-order chi connectivity index (χ0) is 10.7. The van der Waals surface area contributed by atoms with Gasteiger partial charge in [-0.3, -0.25) is 4.79 Å². The number of anilines is 1. The summed E-state index contributed by atoms with van der Waals surface area (Å²) in [6, 6.07) is 3.73. The van der Waals surface area contributed by atoms with E-state index in [0.29, 0.717) is 10.2 Å². The normalized spacial score (nSPS) is 12.3. The molecule has 14 heavy (non-hydrogen) atoms. The number of rotatable bonds is 2. The van der Waals surface area contributed by atoms with Crippen LogP contribution >= 0.6 is 15.9 Å². The van der Waals surface area contributed by atoms with Crippen LogP contribution in [0.15, 0.2) is 22.7 Å². The molecule has 76 valence electrons. The summed E-state index contributed by atoms with van der Waals surface area (Å²) < 4.78 is 13.4. The summed E-state index contributed by atoms with van der Waals surface area (Å²) in [5.74, 6) is -0.765. The van der Waals surface area contributed by atoms with Crippen molar-refractivity contribution < 1.29 is 9.18 Å². The van der Waals surface area contributed by atoms with E-state index in [-0.39, 0.29) is 5.91 Å². The highest BCUT2D eigenvalue weighted by atomic mass is 79.9. The van der Waals surface area contributed by atoms with Gasteiger partial charge in [0.15, 0.2) is 0 Å². The second-order valence-corrected chi connectivity index (χ2v) is 3.76. The van der Waals surface area contributed by atoms with Gasteiger partial charge in [-0.25, -0.2) is 4.39 Å². The van der Waals surface area contributed by atoms with Crippen molar-refractivity contribution in [3.63, 3.8) is 0 Å². The maximum atomic E-state index is 13.0. The third-order valence-electron chi connectivity index (χ3n) is 1.60. The fraction of sp³-hybridized carbons (Fsp3) is 0.222. The van der Waals surface area contributed by atoms with Crippen LogP contribution in [0.5, 0.6) is 0 Å². The van der Waals surface area contributed by atoms with Crippen LogP contribution in [-0.2, 0) is 4.79 Å². The zero-order valence-corrected chi connectivity index (χ0v) is 9.14. The molecule has 0 spiro atoms. The molecule has 0 aliphatic heterocycles. The maximum absolute atomic E-state index is 13.0. The lowest BCUT2D eigenvalue weighted by Crippen LogP contribution is -2.32. The Kier molecular flexibility index (Phi) is 3.60. The molecule has 0 radical (unpaired) electrons.